The summed E-state index contributed by atoms with van der Waals surface area (Å²) in [4.78, 5) is 11.3. The van der Waals surface area contributed by atoms with Gasteiger partial charge in [-0.25, -0.2) is 0 Å². The van der Waals surface area contributed by atoms with E-state index in [0.717, 1.165) is 31.4 Å². The van der Waals surface area contributed by atoms with Crippen LogP contribution >= 0.6 is 0 Å². The molecule has 1 aliphatic heterocycles. The Morgan fingerprint density at radius 3 is 3.04 bits per heavy atom. The second kappa shape index (κ2) is 6.77. The third-order valence-electron chi connectivity index (χ3n) is 5.45. The molecular weight excluding hydrogens is 288 g/mol. The number of ether oxygens (including phenoxy) is 2. The molecule has 0 aromatic heterocycles. The second-order valence-corrected chi connectivity index (χ2v) is 6.85. The van der Waals surface area contributed by atoms with Crippen LogP contribution in [0, 0.1) is 11.8 Å². The number of carbonyl (C=O) groups is 1. The third kappa shape index (κ3) is 3.01. The van der Waals surface area contributed by atoms with Gasteiger partial charge in [0, 0.05) is 17.9 Å². The predicted molar refractivity (Wildman–Crippen MR) is 90.6 cm³/mol. The molecule has 0 radical (unpaired) electrons. The van der Waals surface area contributed by atoms with Crippen molar-refractivity contribution in [2.75, 3.05) is 7.11 Å². The smallest absolute Gasteiger partial charge is 0.305 e. The summed E-state index contributed by atoms with van der Waals surface area (Å²) in [6, 6.07) is 6.48. The van der Waals surface area contributed by atoms with Crippen LogP contribution in [0.1, 0.15) is 49.7 Å². The highest BCUT2D eigenvalue weighted by Gasteiger charge is 2.47. The van der Waals surface area contributed by atoms with Crippen LogP contribution in [0.2, 0.25) is 0 Å². The Morgan fingerprint density at radius 1 is 1.48 bits per heavy atom. The molecule has 4 atom stereocenters. The molecule has 3 heteroatoms. The number of benzene rings is 1. The molecule has 3 nitrogen and oxygen atoms in total. The summed E-state index contributed by atoms with van der Waals surface area (Å²) in [5.74, 6) is 2.74. The van der Waals surface area contributed by atoms with Gasteiger partial charge in [-0.2, -0.15) is 0 Å². The minimum absolute atomic E-state index is 0.143. The molecule has 2 aliphatic rings. The summed E-state index contributed by atoms with van der Waals surface area (Å²) in [5.41, 5.74) is 2.59. The fourth-order valence-corrected chi connectivity index (χ4v) is 4.33. The minimum atomic E-state index is -0.143. The summed E-state index contributed by atoms with van der Waals surface area (Å²) in [6.45, 7) is 6.26. The van der Waals surface area contributed by atoms with Crippen molar-refractivity contribution in [3.05, 3.63) is 42.0 Å². The van der Waals surface area contributed by atoms with E-state index in [9.17, 15) is 4.79 Å². The first-order chi connectivity index (χ1) is 11.2. The first-order valence-electron chi connectivity index (χ1n) is 8.61. The number of carbonyl (C=O) groups excluding carboxylic acids is 1. The minimum Gasteiger partial charge on any atom is -0.489 e. The Bertz CT molecular complexity index is 593. The number of para-hydroxylation sites is 1. The predicted octanol–water partition coefficient (Wildman–Crippen LogP) is 4.26. The number of methoxy groups -OCH3 is 1. The van der Waals surface area contributed by atoms with Crippen molar-refractivity contribution < 1.29 is 14.3 Å². The van der Waals surface area contributed by atoms with Crippen LogP contribution in [0.15, 0.2) is 30.9 Å². The van der Waals surface area contributed by atoms with E-state index < -0.39 is 0 Å². The molecule has 1 saturated carbocycles. The molecule has 0 N–H and O–H groups in total. The highest BCUT2D eigenvalue weighted by molar-refractivity contribution is 5.69. The first-order valence-corrected chi connectivity index (χ1v) is 8.61. The fraction of sp³-hybridized carbons (Fsp3) is 0.550. The quantitative estimate of drug-likeness (QED) is 0.581. The molecule has 0 saturated heterocycles. The largest absolute Gasteiger partial charge is 0.489 e. The van der Waals surface area contributed by atoms with Gasteiger partial charge in [-0.3, -0.25) is 4.79 Å². The van der Waals surface area contributed by atoms with Gasteiger partial charge in [-0.05, 0) is 43.1 Å². The van der Waals surface area contributed by atoms with Gasteiger partial charge in [0.2, 0.25) is 0 Å². The SMILES string of the molecule is C=CC[C@@H]1[C@H]2c3cccc(CCCC(=O)OC)c3O[C@H]2C[C@H]1C. The van der Waals surface area contributed by atoms with Crippen molar-refractivity contribution in [2.24, 2.45) is 11.8 Å². The van der Waals surface area contributed by atoms with Crippen LogP contribution in [0.25, 0.3) is 0 Å². The monoisotopic (exact) mass is 314 g/mol. The maximum absolute atomic E-state index is 11.3. The zero-order valence-corrected chi connectivity index (χ0v) is 14.1. The Labute approximate surface area is 138 Å². The third-order valence-corrected chi connectivity index (χ3v) is 5.45. The van der Waals surface area contributed by atoms with Gasteiger partial charge in [0.15, 0.2) is 0 Å². The Morgan fingerprint density at radius 2 is 2.30 bits per heavy atom. The molecular formula is C20H26O3. The van der Waals surface area contributed by atoms with Gasteiger partial charge in [-0.1, -0.05) is 31.2 Å². The van der Waals surface area contributed by atoms with E-state index in [0.29, 0.717) is 30.3 Å². The summed E-state index contributed by atoms with van der Waals surface area (Å²) in [5, 5.41) is 0. The van der Waals surface area contributed by atoms with Gasteiger partial charge in [0.05, 0.1) is 7.11 Å². The van der Waals surface area contributed by atoms with Crippen molar-refractivity contribution in [1.82, 2.24) is 0 Å². The van der Waals surface area contributed by atoms with Crippen molar-refractivity contribution in [3.63, 3.8) is 0 Å². The second-order valence-electron chi connectivity index (χ2n) is 6.85. The van der Waals surface area contributed by atoms with Gasteiger partial charge in [-0.15, -0.1) is 6.58 Å². The number of rotatable bonds is 6. The topological polar surface area (TPSA) is 35.5 Å². The molecule has 1 aromatic carbocycles. The molecule has 0 amide bonds. The molecule has 1 fully saturated rings. The number of fused-ring (bicyclic) bond motifs is 3. The Kier molecular flexibility index (Phi) is 4.74. The highest BCUT2D eigenvalue weighted by atomic mass is 16.5. The zero-order valence-electron chi connectivity index (χ0n) is 14.1. The molecule has 1 aromatic rings. The molecule has 1 aliphatic carbocycles. The summed E-state index contributed by atoms with van der Waals surface area (Å²) in [7, 11) is 1.44. The number of hydrogen-bond acceptors (Lipinski definition) is 3. The number of hydrogen-bond donors (Lipinski definition) is 0. The maximum Gasteiger partial charge on any atom is 0.305 e. The van der Waals surface area contributed by atoms with E-state index in [1.54, 1.807) is 0 Å². The molecule has 0 spiro atoms. The number of aryl methyl sites for hydroxylation is 1. The van der Waals surface area contributed by atoms with E-state index in [1.807, 2.05) is 6.08 Å². The summed E-state index contributed by atoms with van der Waals surface area (Å²) >= 11 is 0. The molecule has 23 heavy (non-hydrogen) atoms. The molecule has 124 valence electrons. The number of allylic oxidation sites excluding steroid dienone is 1. The molecule has 0 unspecified atom stereocenters. The molecule has 1 heterocycles. The van der Waals surface area contributed by atoms with Crippen molar-refractivity contribution in [3.8, 4) is 5.75 Å². The van der Waals surface area contributed by atoms with Crippen LogP contribution in [0.4, 0.5) is 0 Å². The van der Waals surface area contributed by atoms with Crippen LogP contribution in [-0.2, 0) is 16.0 Å². The van der Waals surface area contributed by atoms with Crippen LogP contribution in [0.5, 0.6) is 5.75 Å². The van der Waals surface area contributed by atoms with E-state index in [4.69, 9.17) is 9.47 Å². The van der Waals surface area contributed by atoms with Gasteiger partial charge in [0.1, 0.15) is 11.9 Å². The molecule has 3 rings (SSSR count). The van der Waals surface area contributed by atoms with Crippen LogP contribution < -0.4 is 4.74 Å². The lowest BCUT2D eigenvalue weighted by Gasteiger charge is -2.20. The summed E-state index contributed by atoms with van der Waals surface area (Å²) < 4.78 is 11.1. The van der Waals surface area contributed by atoms with Crippen molar-refractivity contribution in [2.45, 2.75) is 51.0 Å². The van der Waals surface area contributed by atoms with Gasteiger partial charge >= 0.3 is 5.97 Å². The number of esters is 1. The fourth-order valence-electron chi connectivity index (χ4n) is 4.33. The van der Waals surface area contributed by atoms with Crippen molar-refractivity contribution >= 4 is 5.97 Å². The lowest BCUT2D eigenvalue weighted by Crippen LogP contribution is -2.15. The van der Waals surface area contributed by atoms with Gasteiger partial charge in [0.25, 0.3) is 0 Å². The van der Waals surface area contributed by atoms with E-state index in [2.05, 4.69) is 31.7 Å². The Balaban J connectivity index is 1.77. The van der Waals surface area contributed by atoms with Crippen LogP contribution in [0.3, 0.4) is 0 Å². The van der Waals surface area contributed by atoms with E-state index in [-0.39, 0.29) is 5.97 Å². The van der Waals surface area contributed by atoms with Gasteiger partial charge < -0.3 is 9.47 Å². The van der Waals surface area contributed by atoms with Crippen molar-refractivity contribution in [1.29, 1.82) is 0 Å². The lowest BCUT2D eigenvalue weighted by atomic mass is 9.82. The average Bonchev–Trinajstić information content (AvgIpc) is 3.04. The van der Waals surface area contributed by atoms with E-state index >= 15 is 0 Å². The first kappa shape index (κ1) is 16.1. The van der Waals surface area contributed by atoms with Crippen LogP contribution in [-0.4, -0.2) is 19.2 Å². The van der Waals surface area contributed by atoms with E-state index in [1.165, 1.54) is 18.2 Å². The normalized spacial score (nSPS) is 27.9. The summed E-state index contributed by atoms with van der Waals surface area (Å²) in [6.07, 6.45) is 6.65. The zero-order chi connectivity index (χ0) is 16.4. The molecule has 0 bridgehead atoms. The maximum atomic E-state index is 11.3. The highest BCUT2D eigenvalue weighted by Crippen LogP contribution is 2.54. The Hall–Kier alpha value is -1.77. The standard InChI is InChI=1S/C20H26O3/c1-4-7-15-13(2)12-17-19(15)16-10-5-8-14(20(16)23-17)9-6-11-18(21)22-3/h4-5,8,10,13,15,17,19H,1,6-7,9,11-12H2,2-3H3/t13-,15+,17+,19+/m1/s1. The lowest BCUT2D eigenvalue weighted by molar-refractivity contribution is -0.140. The average molecular weight is 314 g/mol.